The summed E-state index contributed by atoms with van der Waals surface area (Å²) in [6.45, 7) is 0. The van der Waals surface area contributed by atoms with E-state index in [9.17, 15) is 24.3 Å². The number of nitrogens with one attached hydrogen (secondary N) is 1. The molecule has 29 heavy (non-hydrogen) atoms. The summed E-state index contributed by atoms with van der Waals surface area (Å²) in [6.07, 6.45) is 0. The summed E-state index contributed by atoms with van der Waals surface area (Å²) < 4.78 is 0. The zero-order valence-corrected chi connectivity index (χ0v) is 15.5. The van der Waals surface area contributed by atoms with Crippen LogP contribution in [-0.2, 0) is 0 Å². The first-order valence-corrected chi connectivity index (χ1v) is 8.92. The molecule has 1 aliphatic rings. The summed E-state index contributed by atoms with van der Waals surface area (Å²) in [7, 11) is 0. The van der Waals surface area contributed by atoms with Crippen LogP contribution in [0.15, 0.2) is 60.7 Å². The average Bonchev–Trinajstić information content (AvgIpc) is 2.73. The predicted octanol–water partition coefficient (Wildman–Crippen LogP) is 4.07. The predicted molar refractivity (Wildman–Crippen MR) is 106 cm³/mol. The third-order valence-electron chi connectivity index (χ3n) is 4.66. The Labute approximate surface area is 169 Å². The first-order chi connectivity index (χ1) is 13.9. The number of fused-ring (bicyclic) bond motifs is 2. The molecule has 1 amide bonds. The van der Waals surface area contributed by atoms with Gasteiger partial charge in [0.05, 0.1) is 21.8 Å². The van der Waals surface area contributed by atoms with Crippen molar-refractivity contribution in [3.05, 3.63) is 99.1 Å². The number of halogens is 1. The van der Waals surface area contributed by atoms with E-state index in [1.165, 1.54) is 36.4 Å². The minimum Gasteiger partial charge on any atom is -0.478 e. The highest BCUT2D eigenvalue weighted by Crippen LogP contribution is 2.33. The fraction of sp³-hybridized carbons (Fsp3) is 0. The van der Waals surface area contributed by atoms with Gasteiger partial charge in [-0.25, -0.2) is 4.79 Å². The zero-order chi connectivity index (χ0) is 20.7. The van der Waals surface area contributed by atoms with Crippen molar-refractivity contribution in [2.75, 3.05) is 5.32 Å². The number of hydrogen-bond acceptors (Lipinski definition) is 4. The Morgan fingerprint density at radius 2 is 1.28 bits per heavy atom. The van der Waals surface area contributed by atoms with Crippen LogP contribution in [0.2, 0.25) is 5.02 Å². The van der Waals surface area contributed by atoms with Gasteiger partial charge >= 0.3 is 5.97 Å². The maximum atomic E-state index is 12.8. The van der Waals surface area contributed by atoms with Crippen LogP contribution < -0.4 is 5.32 Å². The second-order valence-electron chi connectivity index (χ2n) is 6.39. The van der Waals surface area contributed by atoms with Crippen molar-refractivity contribution in [3.8, 4) is 0 Å². The standard InChI is InChI=1S/C22H12ClNO5/c23-17-9-15-16(20(26)12-6-2-1-5-11(12)19(15)25)10-18(17)24-21(27)13-7-3-4-8-14(13)22(28)29/h1-10H,(H,24,27)(H,28,29). The van der Waals surface area contributed by atoms with Gasteiger partial charge in [0.1, 0.15) is 0 Å². The number of ketones is 2. The third kappa shape index (κ3) is 3.09. The monoisotopic (exact) mass is 405 g/mol. The van der Waals surface area contributed by atoms with Crippen LogP contribution in [0.4, 0.5) is 5.69 Å². The molecule has 0 unspecified atom stereocenters. The molecule has 6 nitrogen and oxygen atoms in total. The molecule has 0 atom stereocenters. The van der Waals surface area contributed by atoms with E-state index in [1.54, 1.807) is 24.3 Å². The van der Waals surface area contributed by atoms with Gasteiger partial charge < -0.3 is 10.4 Å². The van der Waals surface area contributed by atoms with Crippen LogP contribution >= 0.6 is 11.6 Å². The van der Waals surface area contributed by atoms with Gasteiger partial charge in [-0.2, -0.15) is 0 Å². The van der Waals surface area contributed by atoms with E-state index < -0.39 is 11.9 Å². The number of carboxylic acid groups (broad SMARTS) is 1. The number of carboxylic acids is 1. The fourth-order valence-corrected chi connectivity index (χ4v) is 3.48. The summed E-state index contributed by atoms with van der Waals surface area (Å²) >= 11 is 6.24. The Kier molecular flexibility index (Phi) is 4.48. The third-order valence-corrected chi connectivity index (χ3v) is 4.98. The van der Waals surface area contributed by atoms with Crippen molar-refractivity contribution in [1.29, 1.82) is 0 Å². The maximum Gasteiger partial charge on any atom is 0.336 e. The molecule has 3 aromatic carbocycles. The van der Waals surface area contributed by atoms with Gasteiger partial charge in [-0.05, 0) is 24.3 Å². The van der Waals surface area contributed by atoms with E-state index in [2.05, 4.69) is 5.32 Å². The molecule has 0 aliphatic heterocycles. The number of carbonyl (C=O) groups excluding carboxylic acids is 3. The highest BCUT2D eigenvalue weighted by molar-refractivity contribution is 6.36. The second kappa shape index (κ2) is 7.00. The Morgan fingerprint density at radius 3 is 1.86 bits per heavy atom. The van der Waals surface area contributed by atoms with E-state index in [-0.39, 0.29) is 50.1 Å². The van der Waals surface area contributed by atoms with E-state index in [0.717, 1.165) is 0 Å². The molecule has 0 aromatic heterocycles. The lowest BCUT2D eigenvalue weighted by atomic mass is 9.84. The van der Waals surface area contributed by atoms with Crippen molar-refractivity contribution in [2.45, 2.75) is 0 Å². The molecule has 0 radical (unpaired) electrons. The highest BCUT2D eigenvalue weighted by atomic mass is 35.5. The lowest BCUT2D eigenvalue weighted by molar-refractivity contribution is 0.0692. The number of carbonyl (C=O) groups is 4. The van der Waals surface area contributed by atoms with Gasteiger partial charge in [0.2, 0.25) is 0 Å². The minimum absolute atomic E-state index is 0.0541. The molecule has 1 aliphatic carbocycles. The van der Waals surface area contributed by atoms with Gasteiger partial charge in [-0.1, -0.05) is 48.0 Å². The van der Waals surface area contributed by atoms with Crippen LogP contribution in [0, 0.1) is 0 Å². The number of anilines is 1. The molecule has 0 saturated carbocycles. The minimum atomic E-state index is -1.25. The first-order valence-electron chi connectivity index (χ1n) is 8.54. The molecule has 7 heteroatoms. The van der Waals surface area contributed by atoms with Crippen molar-refractivity contribution >= 4 is 40.7 Å². The Balaban J connectivity index is 1.75. The van der Waals surface area contributed by atoms with Gasteiger partial charge in [0, 0.05) is 22.3 Å². The molecule has 2 N–H and O–H groups in total. The molecule has 0 fully saturated rings. The van der Waals surface area contributed by atoms with Crippen LogP contribution in [0.1, 0.15) is 52.6 Å². The maximum absolute atomic E-state index is 12.8. The summed E-state index contributed by atoms with van der Waals surface area (Å²) in [5.74, 6) is -2.62. The second-order valence-corrected chi connectivity index (χ2v) is 6.79. The number of aromatic carboxylic acids is 1. The number of hydrogen-bond donors (Lipinski definition) is 2. The van der Waals surface area contributed by atoms with Crippen LogP contribution in [0.3, 0.4) is 0 Å². The zero-order valence-electron chi connectivity index (χ0n) is 14.7. The summed E-state index contributed by atoms with van der Waals surface area (Å²) in [6, 6.07) is 14.9. The van der Waals surface area contributed by atoms with Crippen molar-refractivity contribution in [2.24, 2.45) is 0 Å². The van der Waals surface area contributed by atoms with E-state index in [0.29, 0.717) is 5.56 Å². The van der Waals surface area contributed by atoms with Gasteiger partial charge in [0.25, 0.3) is 5.91 Å². The summed E-state index contributed by atoms with van der Waals surface area (Å²) in [4.78, 5) is 49.5. The molecule has 142 valence electrons. The first kappa shape index (κ1) is 18.6. The number of benzene rings is 3. The molecule has 4 rings (SSSR count). The normalized spacial score (nSPS) is 12.2. The number of rotatable bonds is 3. The Morgan fingerprint density at radius 1 is 0.759 bits per heavy atom. The largest absolute Gasteiger partial charge is 0.478 e. The molecule has 0 heterocycles. The molecular weight excluding hydrogens is 394 g/mol. The fourth-order valence-electron chi connectivity index (χ4n) is 3.27. The average molecular weight is 406 g/mol. The van der Waals surface area contributed by atoms with Gasteiger partial charge in [0.15, 0.2) is 11.6 Å². The van der Waals surface area contributed by atoms with Crippen LogP contribution in [0.25, 0.3) is 0 Å². The van der Waals surface area contributed by atoms with Crippen LogP contribution in [0.5, 0.6) is 0 Å². The van der Waals surface area contributed by atoms with Crippen LogP contribution in [-0.4, -0.2) is 28.5 Å². The molecule has 3 aromatic rings. The SMILES string of the molecule is O=C(O)c1ccccc1C(=O)Nc1cc2c(cc1Cl)C(=O)c1ccccc1C2=O. The number of amides is 1. The molecule has 0 bridgehead atoms. The van der Waals surface area contributed by atoms with Gasteiger partial charge in [-0.15, -0.1) is 0 Å². The Bertz CT molecular complexity index is 1230. The van der Waals surface area contributed by atoms with E-state index in [4.69, 9.17) is 11.6 Å². The summed E-state index contributed by atoms with van der Waals surface area (Å²) in [5, 5.41) is 11.9. The van der Waals surface area contributed by atoms with Crippen molar-refractivity contribution in [1.82, 2.24) is 0 Å². The molecule has 0 spiro atoms. The van der Waals surface area contributed by atoms with E-state index in [1.807, 2.05) is 0 Å². The summed E-state index contributed by atoms with van der Waals surface area (Å²) in [5.41, 5.74) is 0.744. The lowest BCUT2D eigenvalue weighted by Gasteiger charge is -2.19. The molecule has 0 saturated heterocycles. The quantitative estimate of drug-likeness (QED) is 0.535. The van der Waals surface area contributed by atoms with Crippen molar-refractivity contribution in [3.63, 3.8) is 0 Å². The van der Waals surface area contributed by atoms with Gasteiger partial charge in [-0.3, -0.25) is 14.4 Å². The topological polar surface area (TPSA) is 101 Å². The molecular formula is C22H12ClNO5. The van der Waals surface area contributed by atoms with E-state index >= 15 is 0 Å². The van der Waals surface area contributed by atoms with Crippen molar-refractivity contribution < 1.29 is 24.3 Å². The smallest absolute Gasteiger partial charge is 0.336 e. The Hall–Kier alpha value is -3.77. The highest BCUT2D eigenvalue weighted by Gasteiger charge is 2.30. The lowest BCUT2D eigenvalue weighted by Crippen LogP contribution is -2.22.